The van der Waals surface area contributed by atoms with Gasteiger partial charge in [-0.15, -0.1) is 0 Å². The maximum absolute atomic E-state index is 12.2. The molecule has 1 aliphatic heterocycles. The predicted molar refractivity (Wildman–Crippen MR) is 95.9 cm³/mol. The number of hydrogen-bond acceptors (Lipinski definition) is 4. The van der Waals surface area contributed by atoms with Crippen LogP contribution in [0.5, 0.6) is 0 Å². The molecule has 25 heavy (non-hydrogen) atoms. The molecule has 2 aromatic rings. The lowest BCUT2D eigenvalue weighted by molar-refractivity contribution is -0.117. The molecule has 3 rings (SSSR count). The van der Waals surface area contributed by atoms with Crippen LogP contribution in [0, 0.1) is 6.92 Å². The van der Waals surface area contributed by atoms with E-state index in [2.05, 4.69) is 5.32 Å². The molecule has 7 heteroatoms. The molecule has 1 aromatic heterocycles. The Morgan fingerprint density at radius 1 is 1.20 bits per heavy atom. The molecule has 2 amide bonds. The number of carbonyl (C=O) groups excluding carboxylic acids is 2. The van der Waals surface area contributed by atoms with Crippen molar-refractivity contribution in [2.75, 3.05) is 38.0 Å². The van der Waals surface area contributed by atoms with Crippen molar-refractivity contribution in [3.05, 3.63) is 52.9 Å². The van der Waals surface area contributed by atoms with Gasteiger partial charge in [0.05, 0.1) is 23.5 Å². The Hall–Kier alpha value is -2.31. The topological polar surface area (TPSA) is 65.8 Å². The highest BCUT2D eigenvalue weighted by molar-refractivity contribution is 6.33. The molecule has 1 fully saturated rings. The van der Waals surface area contributed by atoms with Gasteiger partial charge in [0.25, 0.3) is 5.91 Å². The van der Waals surface area contributed by atoms with Crippen LogP contribution in [0.2, 0.25) is 5.02 Å². The van der Waals surface area contributed by atoms with Crippen molar-refractivity contribution in [1.82, 2.24) is 9.80 Å². The molecule has 6 nitrogen and oxygen atoms in total. The SMILES string of the molecule is Cc1ccc(NC(=O)CN2CCN(C(=O)c3ccco3)CC2)c(Cl)c1. The average molecular weight is 362 g/mol. The van der Waals surface area contributed by atoms with Gasteiger partial charge in [0.2, 0.25) is 5.91 Å². The summed E-state index contributed by atoms with van der Waals surface area (Å²) in [5.74, 6) is 0.123. The van der Waals surface area contributed by atoms with E-state index in [-0.39, 0.29) is 18.4 Å². The summed E-state index contributed by atoms with van der Waals surface area (Å²) in [6, 6.07) is 8.88. The van der Waals surface area contributed by atoms with Crippen molar-refractivity contribution in [3.63, 3.8) is 0 Å². The second-order valence-electron chi connectivity index (χ2n) is 6.08. The van der Waals surface area contributed by atoms with Crippen LogP contribution in [0.1, 0.15) is 16.1 Å². The third-order valence-electron chi connectivity index (χ3n) is 4.16. The van der Waals surface area contributed by atoms with E-state index < -0.39 is 0 Å². The lowest BCUT2D eigenvalue weighted by Gasteiger charge is -2.33. The van der Waals surface area contributed by atoms with E-state index >= 15 is 0 Å². The van der Waals surface area contributed by atoms with Gasteiger partial charge in [-0.25, -0.2) is 0 Å². The number of rotatable bonds is 4. The molecule has 0 bridgehead atoms. The van der Waals surface area contributed by atoms with E-state index in [4.69, 9.17) is 16.0 Å². The second-order valence-corrected chi connectivity index (χ2v) is 6.48. The maximum Gasteiger partial charge on any atom is 0.289 e. The number of furan rings is 1. The van der Waals surface area contributed by atoms with E-state index in [9.17, 15) is 9.59 Å². The zero-order chi connectivity index (χ0) is 17.8. The van der Waals surface area contributed by atoms with Crippen molar-refractivity contribution in [2.24, 2.45) is 0 Å². The summed E-state index contributed by atoms with van der Waals surface area (Å²) in [5.41, 5.74) is 1.66. The number of piperazine rings is 1. The number of aryl methyl sites for hydroxylation is 1. The van der Waals surface area contributed by atoms with Crippen molar-refractivity contribution in [1.29, 1.82) is 0 Å². The van der Waals surface area contributed by atoms with Gasteiger partial charge >= 0.3 is 0 Å². The normalized spacial score (nSPS) is 15.2. The smallest absolute Gasteiger partial charge is 0.289 e. The van der Waals surface area contributed by atoms with Crippen LogP contribution < -0.4 is 5.32 Å². The first-order valence-corrected chi connectivity index (χ1v) is 8.52. The predicted octanol–water partition coefficient (Wildman–Crippen LogP) is 2.64. The quantitative estimate of drug-likeness (QED) is 0.909. The zero-order valence-corrected chi connectivity index (χ0v) is 14.8. The van der Waals surface area contributed by atoms with Crippen LogP contribution in [0.15, 0.2) is 41.0 Å². The number of amides is 2. The molecule has 1 N–H and O–H groups in total. The van der Waals surface area contributed by atoms with Crippen LogP contribution in [-0.4, -0.2) is 54.3 Å². The third-order valence-corrected chi connectivity index (χ3v) is 4.47. The lowest BCUT2D eigenvalue weighted by Crippen LogP contribution is -2.50. The summed E-state index contributed by atoms with van der Waals surface area (Å²) in [4.78, 5) is 28.2. The fraction of sp³-hybridized carbons (Fsp3) is 0.333. The molecule has 1 aromatic carbocycles. The number of carbonyl (C=O) groups is 2. The molecular weight excluding hydrogens is 342 g/mol. The number of anilines is 1. The fourth-order valence-corrected chi connectivity index (χ4v) is 3.06. The van der Waals surface area contributed by atoms with E-state index in [1.807, 2.05) is 24.0 Å². The van der Waals surface area contributed by atoms with Crippen molar-refractivity contribution in [2.45, 2.75) is 6.92 Å². The number of hydrogen-bond donors (Lipinski definition) is 1. The Morgan fingerprint density at radius 2 is 1.96 bits per heavy atom. The van der Waals surface area contributed by atoms with Gasteiger partial charge in [-0.2, -0.15) is 0 Å². The summed E-state index contributed by atoms with van der Waals surface area (Å²) in [7, 11) is 0. The first kappa shape index (κ1) is 17.5. The van der Waals surface area contributed by atoms with Gasteiger partial charge in [-0.3, -0.25) is 14.5 Å². The Labute approximate surface area is 151 Å². The molecule has 0 unspecified atom stereocenters. The largest absolute Gasteiger partial charge is 0.459 e. The van der Waals surface area contributed by atoms with Crippen molar-refractivity contribution >= 4 is 29.1 Å². The van der Waals surface area contributed by atoms with Gasteiger partial charge in [-0.05, 0) is 36.8 Å². The molecule has 0 aliphatic carbocycles. The molecule has 0 saturated carbocycles. The second kappa shape index (κ2) is 7.72. The highest BCUT2D eigenvalue weighted by Gasteiger charge is 2.24. The summed E-state index contributed by atoms with van der Waals surface area (Å²) in [6.07, 6.45) is 1.49. The summed E-state index contributed by atoms with van der Waals surface area (Å²) in [6.45, 7) is 4.63. The fourth-order valence-electron chi connectivity index (χ4n) is 2.78. The van der Waals surface area contributed by atoms with Crippen LogP contribution in [-0.2, 0) is 4.79 Å². The van der Waals surface area contributed by atoms with Crippen LogP contribution in [0.4, 0.5) is 5.69 Å². The van der Waals surface area contributed by atoms with Crippen molar-refractivity contribution < 1.29 is 14.0 Å². The molecule has 0 atom stereocenters. The Balaban J connectivity index is 1.48. The molecule has 132 valence electrons. The molecule has 2 heterocycles. The van der Waals surface area contributed by atoms with E-state index in [0.29, 0.717) is 42.6 Å². The molecule has 0 spiro atoms. The highest BCUT2D eigenvalue weighted by Crippen LogP contribution is 2.22. The van der Waals surface area contributed by atoms with Gasteiger partial charge < -0.3 is 14.6 Å². The minimum atomic E-state index is -0.114. The number of benzene rings is 1. The number of nitrogens with zero attached hydrogens (tertiary/aromatic N) is 2. The minimum Gasteiger partial charge on any atom is -0.459 e. The summed E-state index contributed by atoms with van der Waals surface area (Å²) >= 11 is 6.14. The Kier molecular flexibility index (Phi) is 5.40. The first-order chi connectivity index (χ1) is 12.0. The van der Waals surface area contributed by atoms with Gasteiger partial charge in [0.1, 0.15) is 0 Å². The molecule has 1 aliphatic rings. The van der Waals surface area contributed by atoms with Gasteiger partial charge in [0, 0.05) is 26.2 Å². The van der Waals surface area contributed by atoms with Crippen LogP contribution >= 0.6 is 11.6 Å². The Bertz CT molecular complexity index is 753. The molecule has 1 saturated heterocycles. The number of nitrogens with one attached hydrogen (secondary N) is 1. The van der Waals surface area contributed by atoms with Gasteiger partial charge in [-0.1, -0.05) is 17.7 Å². The zero-order valence-electron chi connectivity index (χ0n) is 14.0. The first-order valence-electron chi connectivity index (χ1n) is 8.14. The Morgan fingerprint density at radius 3 is 2.60 bits per heavy atom. The van der Waals surface area contributed by atoms with Crippen molar-refractivity contribution in [3.8, 4) is 0 Å². The van der Waals surface area contributed by atoms with E-state index in [1.165, 1.54) is 6.26 Å². The maximum atomic E-state index is 12.2. The average Bonchev–Trinajstić information content (AvgIpc) is 3.12. The lowest BCUT2D eigenvalue weighted by atomic mass is 10.2. The summed E-state index contributed by atoms with van der Waals surface area (Å²) in [5, 5.41) is 3.36. The minimum absolute atomic E-state index is 0.111. The number of halogens is 1. The van der Waals surface area contributed by atoms with Crippen LogP contribution in [0.25, 0.3) is 0 Å². The van der Waals surface area contributed by atoms with E-state index in [0.717, 1.165) is 5.56 Å². The monoisotopic (exact) mass is 361 g/mol. The molecular formula is C18H20ClN3O3. The van der Waals surface area contributed by atoms with Gasteiger partial charge in [0.15, 0.2) is 5.76 Å². The van der Waals surface area contributed by atoms with Crippen LogP contribution in [0.3, 0.4) is 0 Å². The summed E-state index contributed by atoms with van der Waals surface area (Å²) < 4.78 is 5.14. The standard InChI is InChI=1S/C18H20ClN3O3/c1-13-4-5-15(14(19)11-13)20-17(23)12-21-6-8-22(9-7-21)18(24)16-3-2-10-25-16/h2-5,10-11H,6-9,12H2,1H3,(H,20,23). The highest BCUT2D eigenvalue weighted by atomic mass is 35.5. The third kappa shape index (κ3) is 4.41. The van der Waals surface area contributed by atoms with E-state index in [1.54, 1.807) is 23.1 Å². The molecule has 0 radical (unpaired) electrons.